The number of aryl methyl sites for hydroxylation is 1. The second-order valence-electron chi connectivity index (χ2n) is 8.26. The molecular weight excluding hydrogens is 402 g/mol. The first-order chi connectivity index (χ1) is 15.6. The smallest absolute Gasteiger partial charge is 0.224 e. The highest BCUT2D eigenvalue weighted by Gasteiger charge is 2.22. The van der Waals surface area contributed by atoms with E-state index in [9.17, 15) is 4.79 Å². The molecular formula is C25H31N5O2. The molecule has 7 heteroatoms. The van der Waals surface area contributed by atoms with Crippen LogP contribution in [0.15, 0.2) is 54.9 Å². The Hall–Kier alpha value is -3.19. The first kappa shape index (κ1) is 22.0. The molecule has 0 saturated carbocycles. The topological polar surface area (TPSA) is 72.3 Å². The number of aromatic nitrogens is 3. The van der Waals surface area contributed by atoms with Crippen LogP contribution in [0.2, 0.25) is 0 Å². The molecule has 1 saturated heterocycles. The highest BCUT2D eigenvalue weighted by atomic mass is 16.5. The van der Waals surface area contributed by atoms with E-state index in [1.807, 2.05) is 61.2 Å². The van der Waals surface area contributed by atoms with Crippen LogP contribution in [0, 0.1) is 0 Å². The number of piperidine rings is 1. The third-order valence-electron chi connectivity index (χ3n) is 5.87. The molecule has 2 aromatic heterocycles. The maximum absolute atomic E-state index is 12.5. The van der Waals surface area contributed by atoms with Gasteiger partial charge in [0.05, 0.1) is 24.4 Å². The van der Waals surface area contributed by atoms with Crippen molar-refractivity contribution < 1.29 is 9.53 Å². The Kier molecular flexibility index (Phi) is 7.17. The summed E-state index contributed by atoms with van der Waals surface area (Å²) < 4.78 is 7.41. The molecule has 0 bridgehead atoms. The Bertz CT molecular complexity index is 1010. The van der Waals surface area contributed by atoms with Crippen molar-refractivity contribution in [3.63, 3.8) is 0 Å². The Morgan fingerprint density at radius 2 is 1.97 bits per heavy atom. The summed E-state index contributed by atoms with van der Waals surface area (Å²) in [6.45, 7) is 5.38. The van der Waals surface area contributed by atoms with E-state index in [0.29, 0.717) is 13.0 Å². The van der Waals surface area contributed by atoms with Gasteiger partial charge in [0.25, 0.3) is 0 Å². The number of pyridine rings is 1. The molecule has 1 aliphatic heterocycles. The van der Waals surface area contributed by atoms with Gasteiger partial charge in [-0.05, 0) is 55.7 Å². The van der Waals surface area contributed by atoms with E-state index in [1.54, 1.807) is 6.20 Å². The van der Waals surface area contributed by atoms with Gasteiger partial charge in [-0.3, -0.25) is 19.4 Å². The fourth-order valence-electron chi connectivity index (χ4n) is 4.11. The number of carbonyl (C=O) groups is 1. The van der Waals surface area contributed by atoms with Crippen molar-refractivity contribution in [2.45, 2.75) is 38.8 Å². The molecule has 0 atom stereocenters. The molecule has 7 nitrogen and oxygen atoms in total. The maximum atomic E-state index is 12.5. The van der Waals surface area contributed by atoms with Gasteiger partial charge in [0.15, 0.2) is 0 Å². The van der Waals surface area contributed by atoms with E-state index in [0.717, 1.165) is 55.0 Å². The summed E-state index contributed by atoms with van der Waals surface area (Å²) in [5.41, 5.74) is 4.17. The Balaban J connectivity index is 1.24. The lowest BCUT2D eigenvalue weighted by atomic mass is 10.0. The van der Waals surface area contributed by atoms with Crippen LogP contribution < -0.4 is 10.1 Å². The van der Waals surface area contributed by atoms with Crippen LogP contribution in [-0.2, 0) is 24.8 Å². The van der Waals surface area contributed by atoms with Crippen molar-refractivity contribution >= 4 is 5.91 Å². The maximum Gasteiger partial charge on any atom is 0.224 e. The summed E-state index contributed by atoms with van der Waals surface area (Å²) in [4.78, 5) is 19.1. The number of nitrogens with one attached hydrogen (secondary N) is 1. The van der Waals surface area contributed by atoms with Crippen LogP contribution in [0.4, 0.5) is 0 Å². The minimum atomic E-state index is 0.0837. The van der Waals surface area contributed by atoms with Crippen LogP contribution in [0.3, 0.4) is 0 Å². The third kappa shape index (κ3) is 5.73. The van der Waals surface area contributed by atoms with Gasteiger partial charge in [-0.2, -0.15) is 5.10 Å². The van der Waals surface area contributed by atoms with Gasteiger partial charge in [-0.1, -0.05) is 12.1 Å². The molecule has 3 heterocycles. The highest BCUT2D eigenvalue weighted by Crippen LogP contribution is 2.20. The number of hydrogen-bond donors (Lipinski definition) is 1. The number of rotatable bonds is 8. The van der Waals surface area contributed by atoms with E-state index in [2.05, 4.69) is 26.4 Å². The van der Waals surface area contributed by atoms with Crippen molar-refractivity contribution in [2.24, 2.45) is 7.05 Å². The summed E-state index contributed by atoms with van der Waals surface area (Å²) in [7, 11) is 1.99. The lowest BCUT2D eigenvalue weighted by Crippen LogP contribution is -2.44. The fraction of sp³-hybridized carbons (Fsp3) is 0.400. The minimum Gasteiger partial charge on any atom is -0.494 e. The number of likely N-dealkylation sites (tertiary alicyclic amines) is 1. The van der Waals surface area contributed by atoms with Crippen LogP contribution in [0.1, 0.15) is 31.0 Å². The molecule has 0 aliphatic carbocycles. The molecule has 0 radical (unpaired) electrons. The second-order valence-corrected chi connectivity index (χ2v) is 8.26. The van der Waals surface area contributed by atoms with Crippen LogP contribution in [0.5, 0.6) is 5.75 Å². The molecule has 168 valence electrons. The SMILES string of the molecule is CCOc1ccc(CC(=O)NC2CCN(Cc3cc(-c4cccnc4)nn3C)CC2)cc1. The number of hydrogen-bond acceptors (Lipinski definition) is 5. The van der Waals surface area contributed by atoms with E-state index in [4.69, 9.17) is 4.74 Å². The Labute approximate surface area is 189 Å². The normalized spacial score (nSPS) is 14.9. The monoisotopic (exact) mass is 433 g/mol. The van der Waals surface area contributed by atoms with Gasteiger partial charge in [0, 0.05) is 50.7 Å². The van der Waals surface area contributed by atoms with Crippen LogP contribution in [0.25, 0.3) is 11.3 Å². The molecule has 0 spiro atoms. The molecule has 1 fully saturated rings. The number of nitrogens with zero attached hydrogens (tertiary/aromatic N) is 4. The predicted molar refractivity (Wildman–Crippen MR) is 124 cm³/mol. The van der Waals surface area contributed by atoms with Crippen molar-refractivity contribution in [1.82, 2.24) is 25.0 Å². The lowest BCUT2D eigenvalue weighted by molar-refractivity contribution is -0.121. The molecule has 1 aliphatic rings. The lowest BCUT2D eigenvalue weighted by Gasteiger charge is -2.32. The first-order valence-corrected chi connectivity index (χ1v) is 11.3. The van der Waals surface area contributed by atoms with Crippen molar-refractivity contribution in [1.29, 1.82) is 0 Å². The van der Waals surface area contributed by atoms with Gasteiger partial charge >= 0.3 is 0 Å². The highest BCUT2D eigenvalue weighted by molar-refractivity contribution is 5.78. The van der Waals surface area contributed by atoms with E-state index >= 15 is 0 Å². The standard InChI is InChI=1S/C25H31N5O2/c1-3-32-23-8-6-19(7-9-23)15-25(31)27-21-10-13-30(14-11-21)18-22-16-24(28-29(22)2)20-5-4-12-26-17-20/h4-9,12,16-17,21H,3,10-11,13-15,18H2,1-2H3,(H,27,31). The van der Waals surface area contributed by atoms with Crippen LogP contribution in [-0.4, -0.2) is 51.3 Å². The van der Waals surface area contributed by atoms with Crippen molar-refractivity contribution in [2.75, 3.05) is 19.7 Å². The summed E-state index contributed by atoms with van der Waals surface area (Å²) in [6, 6.07) is 14.1. The Morgan fingerprint density at radius 3 is 2.66 bits per heavy atom. The van der Waals surface area contributed by atoms with Crippen LogP contribution >= 0.6 is 0 Å². The molecule has 1 amide bonds. The first-order valence-electron chi connectivity index (χ1n) is 11.3. The molecule has 1 aromatic carbocycles. The zero-order chi connectivity index (χ0) is 22.3. The third-order valence-corrected chi connectivity index (χ3v) is 5.87. The number of amides is 1. The van der Waals surface area contributed by atoms with Crippen molar-refractivity contribution in [3.8, 4) is 17.0 Å². The fourth-order valence-corrected chi connectivity index (χ4v) is 4.11. The Morgan fingerprint density at radius 1 is 1.19 bits per heavy atom. The number of ether oxygens (including phenoxy) is 1. The van der Waals surface area contributed by atoms with Gasteiger partial charge in [-0.15, -0.1) is 0 Å². The molecule has 0 unspecified atom stereocenters. The van der Waals surface area contributed by atoms with Gasteiger partial charge in [0.2, 0.25) is 5.91 Å². The minimum absolute atomic E-state index is 0.0837. The average Bonchev–Trinajstić information content (AvgIpc) is 3.17. The molecule has 32 heavy (non-hydrogen) atoms. The molecule has 4 rings (SSSR count). The second kappa shape index (κ2) is 10.4. The zero-order valence-electron chi connectivity index (χ0n) is 18.8. The van der Waals surface area contributed by atoms with E-state index in [-0.39, 0.29) is 11.9 Å². The van der Waals surface area contributed by atoms with Gasteiger partial charge in [0.1, 0.15) is 5.75 Å². The number of benzene rings is 1. The van der Waals surface area contributed by atoms with E-state index in [1.165, 1.54) is 5.69 Å². The van der Waals surface area contributed by atoms with Crippen molar-refractivity contribution in [3.05, 3.63) is 66.1 Å². The summed E-state index contributed by atoms with van der Waals surface area (Å²) in [5, 5.41) is 7.85. The molecule has 3 aromatic rings. The summed E-state index contributed by atoms with van der Waals surface area (Å²) >= 11 is 0. The van der Waals surface area contributed by atoms with Gasteiger partial charge in [-0.25, -0.2) is 0 Å². The average molecular weight is 434 g/mol. The summed E-state index contributed by atoms with van der Waals surface area (Å²) in [5.74, 6) is 0.922. The summed E-state index contributed by atoms with van der Waals surface area (Å²) in [6.07, 6.45) is 5.94. The zero-order valence-corrected chi connectivity index (χ0v) is 18.8. The number of carbonyl (C=O) groups excluding carboxylic acids is 1. The van der Waals surface area contributed by atoms with E-state index < -0.39 is 0 Å². The quantitative estimate of drug-likeness (QED) is 0.591. The largest absolute Gasteiger partial charge is 0.494 e. The molecule has 1 N–H and O–H groups in total. The predicted octanol–water partition coefficient (Wildman–Crippen LogP) is 3.20. The van der Waals surface area contributed by atoms with Gasteiger partial charge < -0.3 is 10.1 Å².